The Morgan fingerprint density at radius 2 is 1.54 bits per heavy atom. The van der Waals surface area contributed by atoms with Gasteiger partial charge in [0.1, 0.15) is 23.3 Å². The number of carbonyl (C=O) groups excluding carboxylic acids is 2. The smallest absolute Gasteiger partial charge is 0.252 e. The molecule has 1 aliphatic heterocycles. The zero-order chi connectivity index (χ0) is 18.5. The van der Waals surface area contributed by atoms with Gasteiger partial charge < -0.3 is 14.8 Å². The molecule has 1 N–H and O–H groups in total. The van der Waals surface area contributed by atoms with E-state index in [1.54, 1.807) is 6.92 Å². The molecule has 0 radical (unpaired) electrons. The maximum atomic E-state index is 12.1. The lowest BCUT2D eigenvalue weighted by Crippen LogP contribution is -2.34. The number of amides is 2. The normalized spacial score (nSPS) is 16.7. The highest BCUT2D eigenvalue weighted by molar-refractivity contribution is 6.06. The SMILES string of the molecule is CCOc1ccc(Oc2ccc(N[C@H]3CC(=O)N(CC)C3=O)cc2)cc1. The zero-order valence-corrected chi connectivity index (χ0v) is 14.9. The number of likely N-dealkylation sites (N-methyl/N-ethyl adjacent to an activating group) is 1. The lowest BCUT2D eigenvalue weighted by atomic mass is 10.2. The molecule has 2 amide bonds. The molecule has 6 heteroatoms. The molecule has 0 aromatic heterocycles. The van der Waals surface area contributed by atoms with Crippen LogP contribution in [0.25, 0.3) is 0 Å². The standard InChI is InChI=1S/C20H22N2O4/c1-3-22-19(23)13-18(20(22)24)21-14-5-7-16(8-6-14)26-17-11-9-15(10-12-17)25-4-2/h5-12,18,21H,3-4,13H2,1-2H3/t18-/m0/s1. The molecule has 0 spiro atoms. The minimum Gasteiger partial charge on any atom is -0.494 e. The molecule has 0 saturated carbocycles. The van der Waals surface area contributed by atoms with Crippen LogP contribution in [0, 0.1) is 0 Å². The van der Waals surface area contributed by atoms with Gasteiger partial charge in [0.05, 0.1) is 13.0 Å². The van der Waals surface area contributed by atoms with E-state index in [0.717, 1.165) is 11.4 Å². The quantitative estimate of drug-likeness (QED) is 0.772. The minimum atomic E-state index is -0.500. The number of carbonyl (C=O) groups is 2. The van der Waals surface area contributed by atoms with Gasteiger partial charge in [-0.1, -0.05) is 0 Å². The van der Waals surface area contributed by atoms with Crippen molar-refractivity contribution in [3.8, 4) is 17.2 Å². The lowest BCUT2D eigenvalue weighted by Gasteiger charge is -2.14. The topological polar surface area (TPSA) is 67.9 Å². The van der Waals surface area contributed by atoms with Crippen LogP contribution < -0.4 is 14.8 Å². The molecule has 0 unspecified atom stereocenters. The third-order valence-corrected chi connectivity index (χ3v) is 4.13. The second-order valence-corrected chi connectivity index (χ2v) is 5.91. The molecule has 6 nitrogen and oxygen atoms in total. The highest BCUT2D eigenvalue weighted by atomic mass is 16.5. The number of likely N-dealkylation sites (tertiary alicyclic amines) is 1. The van der Waals surface area contributed by atoms with Gasteiger partial charge in [-0.05, 0) is 62.4 Å². The van der Waals surface area contributed by atoms with Crippen molar-refractivity contribution in [3.63, 3.8) is 0 Å². The van der Waals surface area contributed by atoms with Crippen molar-refractivity contribution in [1.82, 2.24) is 4.90 Å². The summed E-state index contributed by atoms with van der Waals surface area (Å²) >= 11 is 0. The predicted molar refractivity (Wildman–Crippen MR) is 98.5 cm³/mol. The highest BCUT2D eigenvalue weighted by Gasteiger charge is 2.37. The molecule has 1 aliphatic rings. The number of rotatable bonds is 7. The van der Waals surface area contributed by atoms with Crippen molar-refractivity contribution in [2.24, 2.45) is 0 Å². The van der Waals surface area contributed by atoms with Crippen molar-refractivity contribution in [2.45, 2.75) is 26.3 Å². The van der Waals surface area contributed by atoms with Crippen LogP contribution in [0.2, 0.25) is 0 Å². The first-order chi connectivity index (χ1) is 12.6. The van der Waals surface area contributed by atoms with Crippen molar-refractivity contribution >= 4 is 17.5 Å². The van der Waals surface area contributed by atoms with Crippen LogP contribution in [0.3, 0.4) is 0 Å². The Morgan fingerprint density at radius 1 is 0.962 bits per heavy atom. The molecule has 1 atom stereocenters. The van der Waals surface area contributed by atoms with E-state index < -0.39 is 6.04 Å². The largest absolute Gasteiger partial charge is 0.494 e. The van der Waals surface area contributed by atoms with E-state index >= 15 is 0 Å². The van der Waals surface area contributed by atoms with E-state index in [1.807, 2.05) is 55.5 Å². The van der Waals surface area contributed by atoms with Gasteiger partial charge in [0, 0.05) is 12.2 Å². The van der Waals surface area contributed by atoms with E-state index in [4.69, 9.17) is 9.47 Å². The second kappa shape index (κ2) is 7.91. The first kappa shape index (κ1) is 17.8. The van der Waals surface area contributed by atoms with Gasteiger partial charge in [0.25, 0.3) is 5.91 Å². The number of imide groups is 1. The molecule has 0 aliphatic carbocycles. The lowest BCUT2D eigenvalue weighted by molar-refractivity contribution is -0.138. The molecular weight excluding hydrogens is 332 g/mol. The first-order valence-corrected chi connectivity index (χ1v) is 8.72. The average molecular weight is 354 g/mol. The summed E-state index contributed by atoms with van der Waals surface area (Å²) in [5.41, 5.74) is 0.771. The van der Waals surface area contributed by atoms with Gasteiger partial charge in [-0.15, -0.1) is 0 Å². The van der Waals surface area contributed by atoms with Gasteiger partial charge >= 0.3 is 0 Å². The van der Waals surface area contributed by atoms with Crippen LogP contribution in [0.15, 0.2) is 48.5 Å². The zero-order valence-electron chi connectivity index (χ0n) is 14.9. The molecule has 3 rings (SSSR count). The van der Waals surface area contributed by atoms with Gasteiger partial charge in [-0.25, -0.2) is 0 Å². The van der Waals surface area contributed by atoms with Crippen LogP contribution in [-0.2, 0) is 9.59 Å². The summed E-state index contributed by atoms with van der Waals surface area (Å²) < 4.78 is 11.2. The average Bonchev–Trinajstić information content (AvgIpc) is 2.91. The Bertz CT molecular complexity index is 771. The second-order valence-electron chi connectivity index (χ2n) is 5.91. The maximum absolute atomic E-state index is 12.1. The number of ether oxygens (including phenoxy) is 2. The monoisotopic (exact) mass is 354 g/mol. The summed E-state index contributed by atoms with van der Waals surface area (Å²) in [6.45, 7) is 4.77. The number of nitrogens with one attached hydrogen (secondary N) is 1. The van der Waals surface area contributed by atoms with Crippen molar-refractivity contribution in [3.05, 3.63) is 48.5 Å². The van der Waals surface area contributed by atoms with Gasteiger partial charge in [-0.2, -0.15) is 0 Å². The van der Waals surface area contributed by atoms with Crippen LogP contribution in [0.1, 0.15) is 20.3 Å². The van der Waals surface area contributed by atoms with E-state index in [2.05, 4.69) is 5.32 Å². The van der Waals surface area contributed by atoms with Crippen molar-refractivity contribution < 1.29 is 19.1 Å². The molecule has 1 fully saturated rings. The molecule has 0 bridgehead atoms. The summed E-state index contributed by atoms with van der Waals surface area (Å²) in [5.74, 6) is 1.89. The minimum absolute atomic E-state index is 0.134. The molecular formula is C20H22N2O4. The van der Waals surface area contributed by atoms with E-state index in [-0.39, 0.29) is 18.2 Å². The van der Waals surface area contributed by atoms with Gasteiger partial charge in [0.2, 0.25) is 5.91 Å². The van der Waals surface area contributed by atoms with E-state index in [9.17, 15) is 9.59 Å². The molecule has 2 aromatic rings. The maximum Gasteiger partial charge on any atom is 0.252 e. The Morgan fingerprint density at radius 3 is 2.08 bits per heavy atom. The van der Waals surface area contributed by atoms with Crippen LogP contribution in [0.4, 0.5) is 5.69 Å². The Labute approximate surface area is 152 Å². The van der Waals surface area contributed by atoms with Crippen molar-refractivity contribution in [1.29, 1.82) is 0 Å². The Kier molecular flexibility index (Phi) is 5.41. The van der Waals surface area contributed by atoms with Gasteiger partial charge in [0.15, 0.2) is 0 Å². The number of anilines is 1. The molecule has 1 heterocycles. The molecule has 2 aromatic carbocycles. The number of hydrogen-bond donors (Lipinski definition) is 1. The Balaban J connectivity index is 1.60. The fourth-order valence-corrected chi connectivity index (χ4v) is 2.86. The van der Waals surface area contributed by atoms with Crippen molar-refractivity contribution in [2.75, 3.05) is 18.5 Å². The van der Waals surface area contributed by atoms with Crippen LogP contribution in [-0.4, -0.2) is 35.9 Å². The fourth-order valence-electron chi connectivity index (χ4n) is 2.86. The van der Waals surface area contributed by atoms with E-state index in [0.29, 0.717) is 24.7 Å². The highest BCUT2D eigenvalue weighted by Crippen LogP contribution is 2.26. The molecule has 136 valence electrons. The summed E-state index contributed by atoms with van der Waals surface area (Å²) in [5, 5.41) is 3.11. The third kappa shape index (κ3) is 3.96. The van der Waals surface area contributed by atoms with Crippen LogP contribution >= 0.6 is 0 Å². The number of benzene rings is 2. The summed E-state index contributed by atoms with van der Waals surface area (Å²) in [6, 6.07) is 14.2. The first-order valence-electron chi connectivity index (χ1n) is 8.72. The Hall–Kier alpha value is -3.02. The molecule has 1 saturated heterocycles. The summed E-state index contributed by atoms with van der Waals surface area (Å²) in [6.07, 6.45) is 0.192. The van der Waals surface area contributed by atoms with E-state index in [1.165, 1.54) is 4.90 Å². The molecule has 26 heavy (non-hydrogen) atoms. The third-order valence-electron chi connectivity index (χ3n) is 4.13. The van der Waals surface area contributed by atoms with Gasteiger partial charge in [-0.3, -0.25) is 14.5 Å². The number of nitrogens with zero attached hydrogens (tertiary/aromatic N) is 1. The summed E-state index contributed by atoms with van der Waals surface area (Å²) in [7, 11) is 0. The fraction of sp³-hybridized carbons (Fsp3) is 0.300. The summed E-state index contributed by atoms with van der Waals surface area (Å²) in [4.78, 5) is 25.2. The van der Waals surface area contributed by atoms with Crippen LogP contribution in [0.5, 0.6) is 17.2 Å². The number of hydrogen-bond acceptors (Lipinski definition) is 5. The predicted octanol–water partition coefficient (Wildman–Crippen LogP) is 3.44.